The highest BCUT2D eigenvalue weighted by atomic mass is 35.5. The monoisotopic (exact) mass is 523 g/mol. The second-order valence-electron chi connectivity index (χ2n) is 9.80. The molecule has 0 aliphatic carbocycles. The van der Waals surface area contributed by atoms with Crippen molar-refractivity contribution in [3.63, 3.8) is 0 Å². The number of hydrogen-bond donors (Lipinski definition) is 1. The van der Waals surface area contributed by atoms with E-state index >= 15 is 4.39 Å². The third-order valence-corrected chi connectivity index (χ3v) is 7.96. The molecule has 6 nitrogen and oxygen atoms in total. The summed E-state index contributed by atoms with van der Waals surface area (Å²) in [6.45, 7) is 2.04. The maximum absolute atomic E-state index is 15.5. The summed E-state index contributed by atoms with van der Waals surface area (Å²) < 4.78 is 15.5. The summed E-state index contributed by atoms with van der Waals surface area (Å²) in [7, 11) is 3.40. The molecule has 3 atom stereocenters. The summed E-state index contributed by atoms with van der Waals surface area (Å²) in [5.41, 5.74) is 0.652. The van der Waals surface area contributed by atoms with Gasteiger partial charge in [-0.3, -0.25) is 19.3 Å². The van der Waals surface area contributed by atoms with Crippen molar-refractivity contribution in [3.8, 4) is 0 Å². The second kappa shape index (κ2) is 11.0. The SMILES string of the molecule is Cc1cc(C(=O)CC(c2ccccc2Cl)C2(N(C)C(=O)c3ccccc3)CCN(C)C(F)C2)c[nH]c1=O. The zero-order valence-corrected chi connectivity index (χ0v) is 22.0. The van der Waals surface area contributed by atoms with Crippen LogP contribution in [0.2, 0.25) is 5.02 Å². The van der Waals surface area contributed by atoms with Crippen molar-refractivity contribution in [2.24, 2.45) is 0 Å². The quantitative estimate of drug-likeness (QED) is 0.340. The number of carbonyl (C=O) groups excluding carboxylic acids is 2. The van der Waals surface area contributed by atoms with Crippen molar-refractivity contribution in [2.45, 2.75) is 43.9 Å². The van der Waals surface area contributed by atoms with Crippen LogP contribution in [0.1, 0.15) is 57.0 Å². The van der Waals surface area contributed by atoms with Crippen LogP contribution in [0.5, 0.6) is 0 Å². The molecule has 2 heterocycles. The lowest BCUT2D eigenvalue weighted by atomic mass is 9.69. The molecular weight excluding hydrogens is 493 g/mol. The third-order valence-electron chi connectivity index (χ3n) is 7.62. The molecular formula is C29H31ClFN3O3. The molecule has 2 aromatic carbocycles. The van der Waals surface area contributed by atoms with Crippen molar-refractivity contribution in [2.75, 3.05) is 20.6 Å². The summed E-state index contributed by atoms with van der Waals surface area (Å²) >= 11 is 6.68. The first kappa shape index (κ1) is 26.8. The van der Waals surface area contributed by atoms with Gasteiger partial charge in [0.1, 0.15) is 0 Å². The number of H-pyrrole nitrogens is 1. The Balaban J connectivity index is 1.84. The normalized spacial score (nSPS) is 20.8. The molecule has 0 bridgehead atoms. The topological polar surface area (TPSA) is 73.5 Å². The molecule has 0 saturated carbocycles. The number of aromatic nitrogens is 1. The number of alkyl halides is 1. The highest BCUT2D eigenvalue weighted by Gasteiger charge is 2.50. The van der Waals surface area contributed by atoms with E-state index in [-0.39, 0.29) is 30.1 Å². The Morgan fingerprint density at radius 2 is 1.84 bits per heavy atom. The van der Waals surface area contributed by atoms with Gasteiger partial charge in [-0.25, -0.2) is 4.39 Å². The molecule has 1 N–H and O–H groups in total. The first-order valence-corrected chi connectivity index (χ1v) is 12.7. The number of likely N-dealkylation sites (tertiary alicyclic amines) is 1. The molecule has 1 aromatic heterocycles. The van der Waals surface area contributed by atoms with Gasteiger partial charge in [0, 0.05) is 60.3 Å². The van der Waals surface area contributed by atoms with E-state index < -0.39 is 17.8 Å². The Kier molecular flexibility index (Phi) is 7.95. The van der Waals surface area contributed by atoms with Gasteiger partial charge in [0.15, 0.2) is 12.1 Å². The molecule has 1 amide bonds. The lowest BCUT2D eigenvalue weighted by molar-refractivity contribution is -0.0374. The zero-order chi connectivity index (χ0) is 26.7. The van der Waals surface area contributed by atoms with E-state index in [4.69, 9.17) is 11.6 Å². The lowest BCUT2D eigenvalue weighted by Crippen LogP contribution is -2.60. The van der Waals surface area contributed by atoms with Crippen molar-refractivity contribution in [1.82, 2.24) is 14.8 Å². The van der Waals surface area contributed by atoms with Crippen LogP contribution < -0.4 is 5.56 Å². The maximum atomic E-state index is 15.5. The third kappa shape index (κ3) is 5.38. The molecule has 4 rings (SSSR count). The molecule has 1 fully saturated rings. The standard InChI is InChI=1S/C29H31ClFN3O3/c1-19-15-21(18-32-27(19)36)25(35)16-23(22-11-7-8-12-24(22)30)29(13-14-33(2)26(31)17-29)34(3)28(37)20-9-5-4-6-10-20/h4-12,15,18,23,26H,13-14,16-17H2,1-3H3,(H,32,36). The van der Waals surface area contributed by atoms with Gasteiger partial charge in [0.05, 0.1) is 5.54 Å². The Labute approximate surface area is 221 Å². The Morgan fingerprint density at radius 1 is 1.16 bits per heavy atom. The minimum absolute atomic E-state index is 0.0158. The number of hydrogen-bond acceptors (Lipinski definition) is 4. The van der Waals surface area contributed by atoms with E-state index in [1.165, 1.54) is 6.20 Å². The van der Waals surface area contributed by atoms with Crippen LogP contribution in [0.15, 0.2) is 71.7 Å². The molecule has 1 aliphatic heterocycles. The molecule has 0 radical (unpaired) electrons. The number of likely N-dealkylation sites (N-methyl/N-ethyl adjacent to an activating group) is 1. The van der Waals surface area contributed by atoms with E-state index in [0.717, 1.165) is 0 Å². The van der Waals surface area contributed by atoms with Gasteiger partial charge in [-0.15, -0.1) is 0 Å². The van der Waals surface area contributed by atoms with Crippen LogP contribution in [0, 0.1) is 6.92 Å². The number of benzene rings is 2. The number of aromatic amines is 1. The number of carbonyl (C=O) groups is 2. The van der Waals surface area contributed by atoms with Crippen molar-refractivity contribution in [3.05, 3.63) is 104 Å². The van der Waals surface area contributed by atoms with E-state index in [1.807, 2.05) is 18.2 Å². The Bertz CT molecular complexity index is 1350. The second-order valence-corrected chi connectivity index (χ2v) is 10.2. The molecule has 1 saturated heterocycles. The number of Topliss-reactive ketones (excluding diaryl/α,β-unsaturated/α-hetero) is 1. The minimum atomic E-state index is -1.31. The van der Waals surface area contributed by atoms with Gasteiger partial charge in [0.2, 0.25) is 0 Å². The fraction of sp³-hybridized carbons (Fsp3) is 0.345. The van der Waals surface area contributed by atoms with Gasteiger partial charge in [-0.1, -0.05) is 48.0 Å². The summed E-state index contributed by atoms with van der Waals surface area (Å²) in [6.07, 6.45) is 0.548. The largest absolute Gasteiger partial charge is 0.335 e. The van der Waals surface area contributed by atoms with Gasteiger partial charge in [-0.05, 0) is 50.2 Å². The van der Waals surface area contributed by atoms with Crippen molar-refractivity contribution >= 4 is 23.3 Å². The maximum Gasteiger partial charge on any atom is 0.254 e. The van der Waals surface area contributed by atoms with E-state index in [1.54, 1.807) is 73.3 Å². The Hall–Kier alpha value is -3.29. The van der Waals surface area contributed by atoms with Gasteiger partial charge >= 0.3 is 0 Å². The predicted octanol–water partition coefficient (Wildman–Crippen LogP) is 5.23. The average molecular weight is 524 g/mol. The highest BCUT2D eigenvalue weighted by Crippen LogP contribution is 2.47. The van der Waals surface area contributed by atoms with Crippen molar-refractivity contribution in [1.29, 1.82) is 0 Å². The number of piperidine rings is 1. The fourth-order valence-corrected chi connectivity index (χ4v) is 5.57. The number of nitrogens with zero attached hydrogens (tertiary/aromatic N) is 2. The van der Waals surface area contributed by atoms with Crippen LogP contribution in [-0.4, -0.2) is 58.9 Å². The molecule has 37 heavy (non-hydrogen) atoms. The van der Waals surface area contributed by atoms with Crippen LogP contribution in [-0.2, 0) is 0 Å². The number of rotatable bonds is 7. The molecule has 1 aliphatic rings. The van der Waals surface area contributed by atoms with E-state index in [2.05, 4.69) is 4.98 Å². The van der Waals surface area contributed by atoms with Crippen LogP contribution >= 0.6 is 11.6 Å². The number of ketones is 1. The number of amides is 1. The predicted molar refractivity (Wildman–Crippen MR) is 143 cm³/mol. The summed E-state index contributed by atoms with van der Waals surface area (Å²) in [5, 5.41) is 0.451. The minimum Gasteiger partial charge on any atom is -0.335 e. The van der Waals surface area contributed by atoms with E-state index in [0.29, 0.717) is 40.2 Å². The summed E-state index contributed by atoms with van der Waals surface area (Å²) in [5.74, 6) is -1.06. The number of aryl methyl sites for hydroxylation is 1. The summed E-state index contributed by atoms with van der Waals surface area (Å²) in [6, 6.07) is 17.6. The molecule has 0 spiro atoms. The summed E-state index contributed by atoms with van der Waals surface area (Å²) in [4.78, 5) is 45.1. The average Bonchev–Trinajstić information content (AvgIpc) is 2.90. The Morgan fingerprint density at radius 3 is 2.49 bits per heavy atom. The van der Waals surface area contributed by atoms with Crippen molar-refractivity contribution < 1.29 is 14.0 Å². The van der Waals surface area contributed by atoms with E-state index in [9.17, 15) is 14.4 Å². The molecule has 194 valence electrons. The highest BCUT2D eigenvalue weighted by molar-refractivity contribution is 6.31. The lowest BCUT2D eigenvalue weighted by Gasteiger charge is -2.52. The van der Waals surface area contributed by atoms with Crippen LogP contribution in [0.4, 0.5) is 4.39 Å². The fourth-order valence-electron chi connectivity index (χ4n) is 5.30. The number of nitrogens with one attached hydrogen (secondary N) is 1. The smallest absolute Gasteiger partial charge is 0.254 e. The first-order valence-electron chi connectivity index (χ1n) is 12.3. The van der Waals surface area contributed by atoms with Crippen LogP contribution in [0.25, 0.3) is 0 Å². The molecule has 3 aromatic rings. The molecule has 8 heteroatoms. The van der Waals surface area contributed by atoms with Gasteiger partial charge in [0.25, 0.3) is 11.5 Å². The number of halogens is 2. The first-order chi connectivity index (χ1) is 17.6. The van der Waals surface area contributed by atoms with Gasteiger partial charge in [-0.2, -0.15) is 0 Å². The van der Waals surface area contributed by atoms with Crippen LogP contribution in [0.3, 0.4) is 0 Å². The van der Waals surface area contributed by atoms with Gasteiger partial charge < -0.3 is 9.88 Å². The molecule has 3 unspecified atom stereocenters. The zero-order valence-electron chi connectivity index (χ0n) is 21.2. The number of pyridine rings is 1.